The number of halogens is 3. The molecule has 112 valence electrons. The Bertz CT molecular complexity index is 591. The summed E-state index contributed by atoms with van der Waals surface area (Å²) in [7, 11) is 0. The minimum absolute atomic E-state index is 0.0491. The van der Waals surface area contributed by atoms with Gasteiger partial charge in [0, 0.05) is 17.1 Å². The number of benzene rings is 2. The summed E-state index contributed by atoms with van der Waals surface area (Å²) in [4.78, 5) is 0. The summed E-state index contributed by atoms with van der Waals surface area (Å²) in [5.74, 6) is 0.656. The van der Waals surface area contributed by atoms with Gasteiger partial charge in [0.05, 0.1) is 0 Å². The fraction of sp³-hybridized carbons (Fsp3) is 0.200. The molecule has 0 heterocycles. The van der Waals surface area contributed by atoms with Crippen LogP contribution in [0.4, 0.5) is 8.78 Å². The quantitative estimate of drug-likeness (QED) is 0.877. The van der Waals surface area contributed by atoms with Crippen molar-refractivity contribution in [3.8, 4) is 11.5 Å². The fourth-order valence-electron chi connectivity index (χ4n) is 1.75. The summed E-state index contributed by atoms with van der Waals surface area (Å²) in [5, 5.41) is 0.425. The minimum Gasteiger partial charge on any atom is -0.489 e. The summed E-state index contributed by atoms with van der Waals surface area (Å²) >= 11 is 5.86. The van der Waals surface area contributed by atoms with Gasteiger partial charge < -0.3 is 15.2 Å². The third kappa shape index (κ3) is 4.58. The molecule has 0 spiro atoms. The van der Waals surface area contributed by atoms with Crippen LogP contribution >= 0.6 is 11.6 Å². The normalized spacial score (nSPS) is 10.7. The van der Waals surface area contributed by atoms with Gasteiger partial charge in [-0.3, -0.25) is 0 Å². The lowest BCUT2D eigenvalue weighted by Crippen LogP contribution is -2.06. The maximum Gasteiger partial charge on any atom is 0.387 e. The van der Waals surface area contributed by atoms with Crippen LogP contribution in [0.3, 0.4) is 0 Å². The van der Waals surface area contributed by atoms with Gasteiger partial charge in [-0.2, -0.15) is 8.78 Å². The van der Waals surface area contributed by atoms with Crippen molar-refractivity contribution in [2.75, 3.05) is 0 Å². The SMILES string of the molecule is NCc1ccc(OCc2cc(Cl)ccc2OC(F)F)cc1. The molecule has 6 heteroatoms. The standard InChI is InChI=1S/C15H14ClF2NO2/c16-12-3-6-14(21-15(17)18)11(7-12)9-20-13-4-1-10(8-19)2-5-13/h1-7,15H,8-9,19H2. The lowest BCUT2D eigenvalue weighted by molar-refractivity contribution is -0.0508. The van der Waals surface area contributed by atoms with Gasteiger partial charge in [0.1, 0.15) is 18.1 Å². The van der Waals surface area contributed by atoms with Crippen LogP contribution in [0.2, 0.25) is 5.02 Å². The molecular weight excluding hydrogens is 300 g/mol. The van der Waals surface area contributed by atoms with Gasteiger partial charge in [-0.1, -0.05) is 23.7 Å². The first kappa shape index (κ1) is 15.5. The first-order valence-electron chi connectivity index (χ1n) is 6.23. The Morgan fingerprint density at radius 2 is 1.81 bits per heavy atom. The van der Waals surface area contributed by atoms with Crippen LogP contribution in [0.5, 0.6) is 11.5 Å². The van der Waals surface area contributed by atoms with Crippen molar-refractivity contribution in [1.29, 1.82) is 0 Å². The second kappa shape index (κ2) is 7.24. The lowest BCUT2D eigenvalue weighted by Gasteiger charge is -2.12. The van der Waals surface area contributed by atoms with Gasteiger partial charge in [-0.15, -0.1) is 0 Å². The van der Waals surface area contributed by atoms with E-state index >= 15 is 0 Å². The first-order chi connectivity index (χ1) is 10.1. The number of rotatable bonds is 6. The summed E-state index contributed by atoms with van der Waals surface area (Å²) in [6.45, 7) is -2.38. The molecule has 2 rings (SSSR count). The monoisotopic (exact) mass is 313 g/mol. The molecule has 3 nitrogen and oxygen atoms in total. The molecule has 2 aromatic rings. The fourth-order valence-corrected chi connectivity index (χ4v) is 1.95. The average molecular weight is 314 g/mol. The Hall–Kier alpha value is -1.85. The van der Waals surface area contributed by atoms with Crippen LogP contribution in [-0.2, 0) is 13.2 Å². The van der Waals surface area contributed by atoms with Crippen LogP contribution in [0, 0.1) is 0 Å². The summed E-state index contributed by atoms with van der Waals surface area (Å²) in [6.07, 6.45) is 0. The van der Waals surface area contributed by atoms with Crippen LogP contribution in [-0.4, -0.2) is 6.61 Å². The summed E-state index contributed by atoms with van der Waals surface area (Å²) in [6, 6.07) is 11.6. The maximum atomic E-state index is 12.3. The summed E-state index contributed by atoms with van der Waals surface area (Å²) < 4.78 is 34.7. The Balaban J connectivity index is 2.08. The Morgan fingerprint density at radius 3 is 2.43 bits per heavy atom. The second-order valence-corrected chi connectivity index (χ2v) is 4.70. The van der Waals surface area contributed by atoms with Gasteiger partial charge in [0.25, 0.3) is 0 Å². The highest BCUT2D eigenvalue weighted by molar-refractivity contribution is 6.30. The Morgan fingerprint density at radius 1 is 1.10 bits per heavy atom. The molecule has 0 saturated carbocycles. The predicted octanol–water partition coefficient (Wildman–Crippen LogP) is 3.98. The van der Waals surface area contributed by atoms with Gasteiger partial charge in [0.15, 0.2) is 0 Å². The predicted molar refractivity (Wildman–Crippen MR) is 76.7 cm³/mol. The third-order valence-corrected chi connectivity index (χ3v) is 3.03. The first-order valence-corrected chi connectivity index (χ1v) is 6.61. The molecule has 0 aliphatic rings. The van der Waals surface area contributed by atoms with Crippen molar-refractivity contribution in [2.45, 2.75) is 19.8 Å². The molecule has 0 fully saturated rings. The van der Waals surface area contributed by atoms with Gasteiger partial charge >= 0.3 is 6.61 Å². The molecule has 0 aliphatic heterocycles. The van der Waals surface area contributed by atoms with Crippen molar-refractivity contribution in [3.63, 3.8) is 0 Å². The summed E-state index contributed by atoms with van der Waals surface area (Å²) in [5.41, 5.74) is 6.93. The molecular formula is C15H14ClF2NO2. The van der Waals surface area contributed by atoms with E-state index in [1.54, 1.807) is 12.1 Å². The van der Waals surface area contributed by atoms with Crippen molar-refractivity contribution >= 4 is 11.6 Å². The molecule has 2 N–H and O–H groups in total. The molecule has 0 aliphatic carbocycles. The molecule has 2 aromatic carbocycles. The minimum atomic E-state index is -2.89. The van der Waals surface area contributed by atoms with Crippen molar-refractivity contribution in [2.24, 2.45) is 5.73 Å². The molecule has 0 amide bonds. The van der Waals surface area contributed by atoms with Crippen LogP contribution in [0.15, 0.2) is 42.5 Å². The van der Waals surface area contributed by atoms with Crippen LogP contribution in [0.25, 0.3) is 0 Å². The zero-order chi connectivity index (χ0) is 15.2. The molecule has 0 unspecified atom stereocenters. The van der Waals surface area contributed by atoms with E-state index in [1.807, 2.05) is 12.1 Å². The second-order valence-electron chi connectivity index (χ2n) is 4.27. The Kier molecular flexibility index (Phi) is 5.36. The number of hydrogen-bond acceptors (Lipinski definition) is 3. The topological polar surface area (TPSA) is 44.5 Å². The number of ether oxygens (including phenoxy) is 2. The largest absolute Gasteiger partial charge is 0.489 e. The highest BCUT2D eigenvalue weighted by Crippen LogP contribution is 2.26. The molecule has 0 aromatic heterocycles. The highest BCUT2D eigenvalue weighted by Gasteiger charge is 2.11. The lowest BCUT2D eigenvalue weighted by atomic mass is 10.2. The van der Waals surface area contributed by atoms with Crippen molar-refractivity contribution in [1.82, 2.24) is 0 Å². The molecule has 21 heavy (non-hydrogen) atoms. The van der Waals surface area contributed by atoms with E-state index in [0.29, 0.717) is 22.9 Å². The van der Waals surface area contributed by atoms with E-state index in [1.165, 1.54) is 18.2 Å². The van der Waals surface area contributed by atoms with Gasteiger partial charge in [0.2, 0.25) is 0 Å². The smallest absolute Gasteiger partial charge is 0.387 e. The van der Waals surface area contributed by atoms with E-state index in [4.69, 9.17) is 22.1 Å². The molecule has 0 saturated heterocycles. The molecule has 0 atom stereocenters. The van der Waals surface area contributed by atoms with Crippen molar-refractivity contribution < 1.29 is 18.3 Å². The van der Waals surface area contributed by atoms with E-state index in [0.717, 1.165) is 5.56 Å². The third-order valence-electron chi connectivity index (χ3n) is 2.79. The number of hydrogen-bond donors (Lipinski definition) is 1. The number of alkyl halides is 2. The van der Waals surface area contributed by atoms with E-state index in [-0.39, 0.29) is 12.4 Å². The zero-order valence-electron chi connectivity index (χ0n) is 11.1. The van der Waals surface area contributed by atoms with E-state index < -0.39 is 6.61 Å². The van der Waals surface area contributed by atoms with Gasteiger partial charge in [-0.05, 0) is 35.9 Å². The highest BCUT2D eigenvalue weighted by atomic mass is 35.5. The average Bonchev–Trinajstić information content (AvgIpc) is 2.47. The maximum absolute atomic E-state index is 12.3. The van der Waals surface area contributed by atoms with E-state index in [9.17, 15) is 8.78 Å². The zero-order valence-corrected chi connectivity index (χ0v) is 11.8. The van der Waals surface area contributed by atoms with Crippen molar-refractivity contribution in [3.05, 3.63) is 58.6 Å². The van der Waals surface area contributed by atoms with E-state index in [2.05, 4.69) is 4.74 Å². The van der Waals surface area contributed by atoms with Crippen LogP contribution in [0.1, 0.15) is 11.1 Å². The number of nitrogens with two attached hydrogens (primary N) is 1. The molecule has 0 radical (unpaired) electrons. The van der Waals surface area contributed by atoms with Crippen LogP contribution < -0.4 is 15.2 Å². The Labute approximate surface area is 126 Å². The van der Waals surface area contributed by atoms with Gasteiger partial charge in [-0.25, -0.2) is 0 Å². The molecule has 0 bridgehead atoms.